The van der Waals surface area contributed by atoms with Gasteiger partial charge in [0.2, 0.25) is 0 Å². The van der Waals surface area contributed by atoms with Gasteiger partial charge in [-0.2, -0.15) is 0 Å². The van der Waals surface area contributed by atoms with Crippen molar-refractivity contribution >= 4 is 12.0 Å². The van der Waals surface area contributed by atoms with Crippen molar-refractivity contribution in [2.75, 3.05) is 19.7 Å². The number of nitrogens with zero attached hydrogens (tertiary/aromatic N) is 2. The van der Waals surface area contributed by atoms with E-state index in [1.165, 1.54) is 6.26 Å². The van der Waals surface area contributed by atoms with E-state index >= 15 is 0 Å². The molecule has 110 valence electrons. The van der Waals surface area contributed by atoms with Gasteiger partial charge in [-0.05, 0) is 12.8 Å². The van der Waals surface area contributed by atoms with E-state index in [2.05, 4.69) is 15.0 Å². The van der Waals surface area contributed by atoms with E-state index in [4.69, 9.17) is 9.84 Å². The van der Waals surface area contributed by atoms with Crippen molar-refractivity contribution < 1.29 is 24.0 Å². The van der Waals surface area contributed by atoms with Gasteiger partial charge in [-0.1, -0.05) is 5.16 Å². The van der Waals surface area contributed by atoms with Crippen LogP contribution < -0.4 is 5.32 Å². The minimum absolute atomic E-state index is 0.0920. The molecular formula is C12H17N3O5. The number of ether oxygens (including phenoxy) is 1. The van der Waals surface area contributed by atoms with Gasteiger partial charge in [-0.25, -0.2) is 9.59 Å². The maximum Gasteiger partial charge on any atom is 0.329 e. The van der Waals surface area contributed by atoms with Crippen LogP contribution >= 0.6 is 0 Å². The number of likely N-dealkylation sites (tertiary alicyclic amines) is 1. The lowest BCUT2D eigenvalue weighted by atomic mass is 10.1. The average Bonchev–Trinajstić information content (AvgIpc) is 2.96. The lowest BCUT2D eigenvalue weighted by Gasteiger charge is -2.31. The summed E-state index contributed by atoms with van der Waals surface area (Å²) < 4.78 is 9.88. The van der Waals surface area contributed by atoms with Crippen molar-refractivity contribution in [3.8, 4) is 0 Å². The summed E-state index contributed by atoms with van der Waals surface area (Å²) in [5.41, 5.74) is 0.665. The molecule has 0 spiro atoms. The summed E-state index contributed by atoms with van der Waals surface area (Å²) in [5.74, 6) is -0.974. The first-order valence-electron chi connectivity index (χ1n) is 6.40. The van der Waals surface area contributed by atoms with Crippen molar-refractivity contribution in [2.45, 2.75) is 25.5 Å². The number of carboxylic acids is 1. The molecule has 1 aromatic heterocycles. The molecule has 2 rings (SSSR count). The second-order valence-electron chi connectivity index (χ2n) is 4.54. The topological polar surface area (TPSA) is 105 Å². The van der Waals surface area contributed by atoms with Gasteiger partial charge in [0, 0.05) is 19.2 Å². The highest BCUT2D eigenvalue weighted by Crippen LogP contribution is 2.13. The number of carboxylic acid groups (broad SMARTS) is 1. The molecule has 0 unspecified atom stereocenters. The van der Waals surface area contributed by atoms with Crippen molar-refractivity contribution in [3.63, 3.8) is 0 Å². The molecule has 2 amide bonds. The molecule has 0 aliphatic carbocycles. The molecule has 0 bridgehead atoms. The third-order valence-electron chi connectivity index (χ3n) is 3.08. The molecule has 8 nitrogen and oxygen atoms in total. The third-order valence-corrected chi connectivity index (χ3v) is 3.08. The van der Waals surface area contributed by atoms with Crippen LogP contribution in [-0.4, -0.2) is 53.0 Å². The third kappa shape index (κ3) is 4.23. The molecule has 8 heteroatoms. The number of carbonyl (C=O) groups excluding carboxylic acids is 1. The molecule has 0 atom stereocenters. The van der Waals surface area contributed by atoms with E-state index in [1.54, 1.807) is 11.0 Å². The summed E-state index contributed by atoms with van der Waals surface area (Å²) >= 11 is 0. The van der Waals surface area contributed by atoms with Gasteiger partial charge < -0.3 is 24.6 Å². The molecule has 0 aromatic carbocycles. The van der Waals surface area contributed by atoms with Crippen LogP contribution in [0, 0.1) is 0 Å². The first-order chi connectivity index (χ1) is 9.65. The smallest absolute Gasteiger partial charge is 0.329 e. The Balaban J connectivity index is 1.67. The minimum atomic E-state index is -0.974. The van der Waals surface area contributed by atoms with Gasteiger partial charge in [0.05, 0.1) is 12.6 Å². The highest BCUT2D eigenvalue weighted by molar-refractivity contribution is 5.74. The quantitative estimate of drug-likeness (QED) is 0.813. The fraction of sp³-hybridized carbons (Fsp3) is 0.583. The Kier molecular flexibility index (Phi) is 4.94. The number of amides is 2. The zero-order valence-corrected chi connectivity index (χ0v) is 10.9. The lowest BCUT2D eigenvalue weighted by molar-refractivity contribution is -0.145. The second-order valence-corrected chi connectivity index (χ2v) is 4.54. The Bertz CT molecular complexity index is 440. The number of piperidine rings is 1. The SMILES string of the molecule is O=C(O)COC1CCN(C(=O)NCc2ccon2)CC1. The Morgan fingerprint density at radius 2 is 2.25 bits per heavy atom. The average molecular weight is 283 g/mol. The van der Waals surface area contributed by atoms with E-state index < -0.39 is 5.97 Å². The zero-order valence-electron chi connectivity index (χ0n) is 10.9. The van der Waals surface area contributed by atoms with Gasteiger partial charge in [0.25, 0.3) is 0 Å². The second kappa shape index (κ2) is 6.90. The fourth-order valence-corrected chi connectivity index (χ4v) is 2.02. The standard InChI is InChI=1S/C12H17N3O5/c16-11(17)8-19-10-1-4-15(5-2-10)12(18)13-7-9-3-6-20-14-9/h3,6,10H,1-2,4-5,7-8H2,(H,13,18)(H,16,17). The molecule has 20 heavy (non-hydrogen) atoms. The van der Waals surface area contributed by atoms with Crippen molar-refractivity contribution in [3.05, 3.63) is 18.0 Å². The van der Waals surface area contributed by atoms with Crippen molar-refractivity contribution in [2.24, 2.45) is 0 Å². The van der Waals surface area contributed by atoms with E-state index in [0.717, 1.165) is 0 Å². The van der Waals surface area contributed by atoms with Crippen LogP contribution in [0.5, 0.6) is 0 Å². The van der Waals surface area contributed by atoms with Crippen LogP contribution in [0.15, 0.2) is 16.9 Å². The van der Waals surface area contributed by atoms with Gasteiger partial charge in [-0.3, -0.25) is 0 Å². The first kappa shape index (κ1) is 14.3. The molecule has 2 heterocycles. The van der Waals surface area contributed by atoms with E-state index in [1.807, 2.05) is 0 Å². The number of aromatic nitrogens is 1. The van der Waals surface area contributed by atoms with E-state index in [-0.39, 0.29) is 18.7 Å². The summed E-state index contributed by atoms with van der Waals surface area (Å²) in [4.78, 5) is 24.0. The molecule has 1 aliphatic rings. The minimum Gasteiger partial charge on any atom is -0.480 e. The Labute approximate surface area is 115 Å². The van der Waals surface area contributed by atoms with Crippen molar-refractivity contribution in [1.82, 2.24) is 15.4 Å². The summed E-state index contributed by atoms with van der Waals surface area (Å²) in [6.07, 6.45) is 2.65. The summed E-state index contributed by atoms with van der Waals surface area (Å²) in [5, 5.41) is 15.0. The summed E-state index contributed by atoms with van der Waals surface area (Å²) in [6, 6.07) is 1.52. The van der Waals surface area contributed by atoms with Crippen LogP contribution in [0.3, 0.4) is 0 Å². The van der Waals surface area contributed by atoms with Gasteiger partial charge in [0.1, 0.15) is 18.6 Å². The Hall–Kier alpha value is -2.09. The molecule has 0 radical (unpaired) electrons. The maximum atomic E-state index is 11.9. The number of hydrogen-bond donors (Lipinski definition) is 2. The van der Waals surface area contributed by atoms with Crippen LogP contribution in [0.25, 0.3) is 0 Å². The fourth-order valence-electron chi connectivity index (χ4n) is 2.02. The summed E-state index contributed by atoms with van der Waals surface area (Å²) in [6.45, 7) is 1.14. The largest absolute Gasteiger partial charge is 0.480 e. The number of nitrogens with one attached hydrogen (secondary N) is 1. The highest BCUT2D eigenvalue weighted by atomic mass is 16.5. The molecule has 1 aliphatic heterocycles. The van der Waals surface area contributed by atoms with Gasteiger partial charge in [0.15, 0.2) is 0 Å². The zero-order chi connectivity index (χ0) is 14.4. The van der Waals surface area contributed by atoms with Crippen LogP contribution in [-0.2, 0) is 16.1 Å². The van der Waals surface area contributed by atoms with Crippen molar-refractivity contribution in [1.29, 1.82) is 0 Å². The number of rotatable bonds is 5. The molecular weight excluding hydrogens is 266 g/mol. The molecule has 2 N–H and O–H groups in total. The number of carbonyl (C=O) groups is 2. The maximum absolute atomic E-state index is 11.9. The van der Waals surface area contributed by atoms with Crippen LogP contribution in [0.1, 0.15) is 18.5 Å². The van der Waals surface area contributed by atoms with E-state index in [9.17, 15) is 9.59 Å². The van der Waals surface area contributed by atoms with E-state index in [0.29, 0.717) is 38.2 Å². The number of aliphatic carboxylic acids is 1. The number of urea groups is 1. The van der Waals surface area contributed by atoms with Crippen LogP contribution in [0.2, 0.25) is 0 Å². The molecule has 1 fully saturated rings. The predicted octanol–water partition coefficient (Wildman–Crippen LogP) is 0.450. The van der Waals surface area contributed by atoms with Gasteiger partial charge in [-0.15, -0.1) is 0 Å². The monoisotopic (exact) mass is 283 g/mol. The number of hydrogen-bond acceptors (Lipinski definition) is 5. The lowest BCUT2D eigenvalue weighted by Crippen LogP contribution is -2.45. The Morgan fingerprint density at radius 1 is 1.50 bits per heavy atom. The normalized spacial score (nSPS) is 16.1. The van der Waals surface area contributed by atoms with Crippen LogP contribution in [0.4, 0.5) is 4.79 Å². The molecule has 1 aromatic rings. The predicted molar refractivity (Wildman–Crippen MR) is 66.9 cm³/mol. The van der Waals surface area contributed by atoms with Gasteiger partial charge >= 0.3 is 12.0 Å². The Morgan fingerprint density at radius 3 is 2.85 bits per heavy atom. The molecule has 0 saturated carbocycles. The summed E-state index contributed by atoms with van der Waals surface area (Å²) in [7, 11) is 0. The first-order valence-corrected chi connectivity index (χ1v) is 6.40. The molecule has 1 saturated heterocycles. The highest BCUT2D eigenvalue weighted by Gasteiger charge is 2.23.